The summed E-state index contributed by atoms with van der Waals surface area (Å²) in [6, 6.07) is 0.865. The van der Waals surface area contributed by atoms with E-state index in [4.69, 9.17) is 0 Å². The van der Waals surface area contributed by atoms with Gasteiger partial charge in [0.2, 0.25) is 0 Å². The van der Waals surface area contributed by atoms with Crippen molar-refractivity contribution in [2.45, 2.75) is 45.6 Å². The van der Waals surface area contributed by atoms with E-state index in [1.165, 1.54) is 32.2 Å². The van der Waals surface area contributed by atoms with E-state index in [-0.39, 0.29) is 24.0 Å². The molecule has 0 aromatic rings. The van der Waals surface area contributed by atoms with E-state index in [1.807, 2.05) is 7.05 Å². The number of halogens is 1. The van der Waals surface area contributed by atoms with Crippen LogP contribution >= 0.6 is 24.0 Å². The van der Waals surface area contributed by atoms with Crippen molar-refractivity contribution >= 4 is 29.9 Å². The van der Waals surface area contributed by atoms with Crippen LogP contribution in [0.2, 0.25) is 0 Å². The molecule has 1 unspecified atom stereocenters. The summed E-state index contributed by atoms with van der Waals surface area (Å²) in [5.41, 5.74) is 0. The number of aliphatic imine (C=N–C) groups is 1. The van der Waals surface area contributed by atoms with Gasteiger partial charge in [-0.05, 0) is 38.1 Å². The smallest absolute Gasteiger partial charge is 0.193 e. The van der Waals surface area contributed by atoms with Crippen LogP contribution in [0.1, 0.15) is 39.5 Å². The number of nitrogens with zero attached hydrogens (tertiary/aromatic N) is 3. The minimum Gasteiger partial charge on any atom is -0.355 e. The van der Waals surface area contributed by atoms with Crippen molar-refractivity contribution in [2.75, 3.05) is 39.8 Å². The second kappa shape index (κ2) is 9.07. The van der Waals surface area contributed by atoms with Crippen molar-refractivity contribution in [1.29, 1.82) is 0 Å². The van der Waals surface area contributed by atoms with Gasteiger partial charge in [0.1, 0.15) is 0 Å². The minimum absolute atomic E-state index is 0. The number of rotatable bonds is 5. The predicted octanol–water partition coefficient (Wildman–Crippen LogP) is 2.40. The van der Waals surface area contributed by atoms with E-state index in [2.05, 4.69) is 34.0 Å². The van der Waals surface area contributed by atoms with Crippen LogP contribution in [0.4, 0.5) is 0 Å². The average molecular weight is 394 g/mol. The Balaban J connectivity index is 0.00000200. The van der Waals surface area contributed by atoms with Crippen LogP contribution in [0.25, 0.3) is 0 Å². The fourth-order valence-corrected chi connectivity index (χ4v) is 3.06. The zero-order valence-electron chi connectivity index (χ0n) is 13.3. The third kappa shape index (κ3) is 5.39. The quantitative estimate of drug-likeness (QED) is 0.442. The molecule has 4 nitrogen and oxygen atoms in total. The molecule has 2 fully saturated rings. The van der Waals surface area contributed by atoms with Crippen molar-refractivity contribution in [3.63, 3.8) is 0 Å². The Kier molecular flexibility index (Phi) is 8.17. The van der Waals surface area contributed by atoms with Gasteiger partial charge in [0.25, 0.3) is 0 Å². The number of hydrogen-bond acceptors (Lipinski definition) is 2. The molecule has 0 radical (unpaired) electrons. The Morgan fingerprint density at radius 1 is 1.35 bits per heavy atom. The second-order valence-corrected chi connectivity index (χ2v) is 6.03. The van der Waals surface area contributed by atoms with E-state index >= 15 is 0 Å². The standard InChI is InChI=1S/C15H30N4.HI/c1-4-18(14-7-8-14)11-9-17-15(16-3)19-10-5-6-13(2)12-19;/h13-14H,4-12H2,1-3H3,(H,16,17);1H. The van der Waals surface area contributed by atoms with Gasteiger partial charge in [0.05, 0.1) is 0 Å². The molecule has 1 aliphatic heterocycles. The van der Waals surface area contributed by atoms with Gasteiger partial charge >= 0.3 is 0 Å². The van der Waals surface area contributed by atoms with Crippen LogP contribution in [0.5, 0.6) is 0 Å². The first-order valence-electron chi connectivity index (χ1n) is 7.94. The van der Waals surface area contributed by atoms with Crippen molar-refractivity contribution in [3.05, 3.63) is 0 Å². The monoisotopic (exact) mass is 394 g/mol. The maximum atomic E-state index is 4.44. The molecule has 20 heavy (non-hydrogen) atoms. The molecule has 0 amide bonds. The number of guanidine groups is 1. The largest absolute Gasteiger partial charge is 0.355 e. The molecule has 0 aromatic carbocycles. The maximum absolute atomic E-state index is 4.44. The Morgan fingerprint density at radius 2 is 2.10 bits per heavy atom. The molecule has 1 heterocycles. The molecule has 1 saturated carbocycles. The lowest BCUT2D eigenvalue weighted by Gasteiger charge is -2.33. The van der Waals surface area contributed by atoms with Crippen LogP contribution in [0.3, 0.4) is 0 Å². The van der Waals surface area contributed by atoms with Crippen LogP contribution < -0.4 is 5.32 Å². The van der Waals surface area contributed by atoms with E-state index in [0.717, 1.165) is 44.1 Å². The lowest BCUT2D eigenvalue weighted by molar-refractivity contribution is 0.258. The van der Waals surface area contributed by atoms with Crippen molar-refractivity contribution in [1.82, 2.24) is 15.1 Å². The molecule has 1 aliphatic carbocycles. The minimum atomic E-state index is 0. The highest BCUT2D eigenvalue weighted by molar-refractivity contribution is 14.0. The highest BCUT2D eigenvalue weighted by Crippen LogP contribution is 2.25. The number of piperidine rings is 1. The molecule has 118 valence electrons. The first-order valence-corrected chi connectivity index (χ1v) is 7.94. The zero-order chi connectivity index (χ0) is 13.7. The van der Waals surface area contributed by atoms with E-state index in [9.17, 15) is 0 Å². The summed E-state index contributed by atoms with van der Waals surface area (Å²) in [5, 5.41) is 3.54. The van der Waals surface area contributed by atoms with Gasteiger partial charge in [-0.15, -0.1) is 24.0 Å². The summed E-state index contributed by atoms with van der Waals surface area (Å²) in [7, 11) is 1.90. The van der Waals surface area contributed by atoms with E-state index in [0.29, 0.717) is 0 Å². The van der Waals surface area contributed by atoms with Gasteiger partial charge in [-0.25, -0.2) is 0 Å². The van der Waals surface area contributed by atoms with Gasteiger partial charge in [0, 0.05) is 39.3 Å². The molecule has 0 bridgehead atoms. The molecular weight excluding hydrogens is 363 g/mol. The SMILES string of the molecule is CCN(CCNC(=NC)N1CCCC(C)C1)C1CC1.I. The first kappa shape index (κ1) is 18.0. The molecule has 1 N–H and O–H groups in total. The Morgan fingerprint density at radius 3 is 2.65 bits per heavy atom. The summed E-state index contributed by atoms with van der Waals surface area (Å²) in [6.07, 6.45) is 5.45. The third-order valence-electron chi connectivity index (χ3n) is 4.32. The van der Waals surface area contributed by atoms with Gasteiger partial charge in [-0.1, -0.05) is 13.8 Å². The lowest BCUT2D eigenvalue weighted by Crippen LogP contribution is -2.48. The molecule has 1 saturated heterocycles. The fourth-order valence-electron chi connectivity index (χ4n) is 3.06. The molecule has 1 atom stereocenters. The molecular formula is C15H31IN4. The van der Waals surface area contributed by atoms with E-state index in [1.54, 1.807) is 0 Å². The summed E-state index contributed by atoms with van der Waals surface area (Å²) in [4.78, 5) is 9.44. The molecule has 2 rings (SSSR count). The number of nitrogens with one attached hydrogen (secondary N) is 1. The van der Waals surface area contributed by atoms with Crippen molar-refractivity contribution < 1.29 is 0 Å². The topological polar surface area (TPSA) is 30.9 Å². The van der Waals surface area contributed by atoms with Crippen LogP contribution in [-0.4, -0.2) is 61.6 Å². The highest BCUT2D eigenvalue weighted by Gasteiger charge is 2.27. The van der Waals surface area contributed by atoms with Crippen molar-refractivity contribution in [3.8, 4) is 0 Å². The van der Waals surface area contributed by atoms with Gasteiger partial charge < -0.3 is 10.2 Å². The molecule has 0 aromatic heterocycles. The molecule has 5 heteroatoms. The maximum Gasteiger partial charge on any atom is 0.193 e. The Hall–Kier alpha value is -0.0400. The van der Waals surface area contributed by atoms with Crippen LogP contribution in [0, 0.1) is 5.92 Å². The predicted molar refractivity (Wildman–Crippen MR) is 97.0 cm³/mol. The molecule has 0 spiro atoms. The van der Waals surface area contributed by atoms with Gasteiger partial charge in [-0.3, -0.25) is 9.89 Å². The van der Waals surface area contributed by atoms with Gasteiger partial charge in [0.15, 0.2) is 5.96 Å². The first-order chi connectivity index (χ1) is 9.24. The van der Waals surface area contributed by atoms with Crippen LogP contribution in [0.15, 0.2) is 4.99 Å². The Bertz CT molecular complexity index is 304. The highest BCUT2D eigenvalue weighted by atomic mass is 127. The average Bonchev–Trinajstić information content (AvgIpc) is 3.23. The number of likely N-dealkylation sites (tertiary alicyclic amines) is 1. The zero-order valence-corrected chi connectivity index (χ0v) is 15.6. The van der Waals surface area contributed by atoms with Crippen molar-refractivity contribution in [2.24, 2.45) is 10.9 Å². The lowest BCUT2D eigenvalue weighted by atomic mass is 10.0. The summed E-state index contributed by atoms with van der Waals surface area (Å²) < 4.78 is 0. The number of likely N-dealkylation sites (N-methyl/N-ethyl adjacent to an activating group) is 1. The summed E-state index contributed by atoms with van der Waals surface area (Å²) in [5.74, 6) is 1.89. The van der Waals surface area contributed by atoms with E-state index < -0.39 is 0 Å². The number of hydrogen-bond donors (Lipinski definition) is 1. The summed E-state index contributed by atoms with van der Waals surface area (Å²) >= 11 is 0. The van der Waals surface area contributed by atoms with Gasteiger partial charge in [-0.2, -0.15) is 0 Å². The molecule has 2 aliphatic rings. The fraction of sp³-hybridized carbons (Fsp3) is 0.933. The van der Waals surface area contributed by atoms with Crippen LogP contribution in [-0.2, 0) is 0 Å². The normalized spacial score (nSPS) is 23.7. The summed E-state index contributed by atoms with van der Waals surface area (Å²) in [6.45, 7) is 10.2. The second-order valence-electron chi connectivity index (χ2n) is 6.03. The third-order valence-corrected chi connectivity index (χ3v) is 4.32. The Labute approximate surface area is 141 Å².